The Morgan fingerprint density at radius 1 is 1.11 bits per heavy atom. The van der Waals surface area contributed by atoms with Gasteiger partial charge in [-0.05, 0) is 57.9 Å². The lowest BCUT2D eigenvalue weighted by Crippen LogP contribution is -2.60. The number of piperidine rings is 1. The van der Waals surface area contributed by atoms with Crippen LogP contribution >= 0.6 is 0 Å². The molecule has 0 saturated carbocycles. The zero-order valence-electron chi connectivity index (χ0n) is 23.9. The largest absolute Gasteiger partial charge is 0.463 e. The van der Waals surface area contributed by atoms with E-state index in [1.54, 1.807) is 25.8 Å². The molecule has 1 aliphatic rings. The van der Waals surface area contributed by atoms with Crippen LogP contribution in [0.25, 0.3) is 0 Å². The highest BCUT2D eigenvalue weighted by Crippen LogP contribution is 2.26. The normalized spacial score (nSPS) is 21.0. The molecule has 35 heavy (non-hydrogen) atoms. The van der Waals surface area contributed by atoms with Crippen molar-refractivity contribution in [3.05, 3.63) is 11.6 Å². The minimum Gasteiger partial charge on any atom is -0.463 e. The van der Waals surface area contributed by atoms with Crippen molar-refractivity contribution in [2.24, 2.45) is 11.3 Å². The Labute approximate surface area is 214 Å². The fourth-order valence-electron chi connectivity index (χ4n) is 4.70. The van der Waals surface area contributed by atoms with E-state index in [4.69, 9.17) is 4.74 Å². The van der Waals surface area contributed by atoms with Gasteiger partial charge in [0.25, 0.3) is 0 Å². The summed E-state index contributed by atoms with van der Waals surface area (Å²) in [4.78, 5) is 43.6. The lowest BCUT2D eigenvalue weighted by molar-refractivity contribution is -0.142. The molecule has 1 aliphatic heterocycles. The standard InChI is InChI=1S/C28H51N3O4/c1-11-19(4)23(18-20(5)27(34)35-13-3)30(10)26(33)24(28(7,8)9)29-25(32)22-16-14-15-17-31(22)21(6)12-2/h18-19,21-24H,11-17H2,1-10H3,(H,29,32)/b20-18+/t19-,21?,22+,23+,24?/m0/s1. The van der Waals surface area contributed by atoms with Gasteiger partial charge in [-0.15, -0.1) is 0 Å². The molecular weight excluding hydrogens is 442 g/mol. The first kappa shape index (κ1) is 31.1. The molecule has 0 aromatic heterocycles. The van der Waals surface area contributed by atoms with E-state index in [0.29, 0.717) is 18.2 Å². The Morgan fingerprint density at radius 3 is 2.26 bits per heavy atom. The van der Waals surface area contributed by atoms with Crippen molar-refractivity contribution in [3.63, 3.8) is 0 Å². The molecule has 0 radical (unpaired) electrons. The van der Waals surface area contributed by atoms with Crippen molar-refractivity contribution in [2.45, 2.75) is 119 Å². The van der Waals surface area contributed by atoms with E-state index in [9.17, 15) is 14.4 Å². The molecule has 0 aromatic rings. The third kappa shape index (κ3) is 8.62. The summed E-state index contributed by atoms with van der Waals surface area (Å²) in [7, 11) is 1.77. The first-order valence-corrected chi connectivity index (χ1v) is 13.5. The fraction of sp³-hybridized carbons (Fsp3) is 0.821. The van der Waals surface area contributed by atoms with Gasteiger partial charge >= 0.3 is 5.97 Å². The van der Waals surface area contributed by atoms with Gasteiger partial charge < -0.3 is 15.0 Å². The molecule has 1 heterocycles. The number of carbonyl (C=O) groups is 3. The summed E-state index contributed by atoms with van der Waals surface area (Å²) in [5.41, 5.74) is 0.0103. The third-order valence-corrected chi connectivity index (χ3v) is 7.44. The van der Waals surface area contributed by atoms with Gasteiger partial charge in [0.05, 0.1) is 18.7 Å². The van der Waals surface area contributed by atoms with Crippen molar-refractivity contribution in [1.29, 1.82) is 0 Å². The first-order valence-electron chi connectivity index (χ1n) is 13.5. The second-order valence-corrected chi connectivity index (χ2v) is 11.2. The minimum atomic E-state index is -0.677. The summed E-state index contributed by atoms with van der Waals surface area (Å²) in [5.74, 6) is -0.450. The molecule has 0 aromatic carbocycles. The van der Waals surface area contributed by atoms with Crippen molar-refractivity contribution < 1.29 is 19.1 Å². The first-order chi connectivity index (χ1) is 16.3. The molecule has 0 bridgehead atoms. The van der Waals surface area contributed by atoms with E-state index in [0.717, 1.165) is 38.6 Å². The van der Waals surface area contributed by atoms with Gasteiger partial charge in [0.1, 0.15) is 6.04 Å². The molecule has 0 aliphatic carbocycles. The van der Waals surface area contributed by atoms with Crippen LogP contribution in [0.3, 0.4) is 0 Å². The Morgan fingerprint density at radius 2 is 1.74 bits per heavy atom. The lowest BCUT2D eigenvalue weighted by atomic mass is 9.84. The molecule has 5 atom stereocenters. The topological polar surface area (TPSA) is 79.0 Å². The number of carbonyl (C=O) groups excluding carboxylic acids is 3. The average molecular weight is 494 g/mol. The van der Waals surface area contributed by atoms with Gasteiger partial charge in [-0.25, -0.2) is 4.79 Å². The molecule has 1 fully saturated rings. The number of nitrogens with one attached hydrogen (secondary N) is 1. The predicted octanol–water partition coefficient (Wildman–Crippen LogP) is 4.55. The maximum Gasteiger partial charge on any atom is 0.333 e. The molecule has 7 heteroatoms. The number of rotatable bonds is 11. The van der Waals surface area contributed by atoms with Gasteiger partial charge in [0.15, 0.2) is 0 Å². The maximum absolute atomic E-state index is 13.9. The number of likely N-dealkylation sites (tertiary alicyclic amines) is 1. The second-order valence-electron chi connectivity index (χ2n) is 11.2. The van der Waals surface area contributed by atoms with E-state index in [1.165, 1.54) is 0 Å². The minimum absolute atomic E-state index is 0.0648. The maximum atomic E-state index is 13.9. The summed E-state index contributed by atoms with van der Waals surface area (Å²) >= 11 is 0. The van der Waals surface area contributed by atoms with Crippen molar-refractivity contribution in [2.75, 3.05) is 20.2 Å². The number of amides is 2. The highest BCUT2D eigenvalue weighted by molar-refractivity contribution is 5.91. The molecule has 2 amide bonds. The SMILES string of the molecule is CCOC(=O)/C(C)=C/[C@H]([C@@H](C)CC)N(C)C(=O)C(NC(=O)[C@H]1CCCCN1C(C)CC)C(C)(C)C. The van der Waals surface area contributed by atoms with Crippen LogP contribution in [0.2, 0.25) is 0 Å². The van der Waals surface area contributed by atoms with Crippen LogP contribution in [0.5, 0.6) is 0 Å². The molecule has 1 N–H and O–H groups in total. The molecular formula is C28H51N3O4. The molecule has 2 unspecified atom stereocenters. The lowest BCUT2D eigenvalue weighted by Gasteiger charge is -2.41. The molecule has 202 valence electrons. The third-order valence-electron chi connectivity index (χ3n) is 7.44. The molecule has 1 saturated heterocycles. The van der Waals surface area contributed by atoms with Crippen LogP contribution in [0.1, 0.15) is 94.4 Å². The predicted molar refractivity (Wildman–Crippen MR) is 142 cm³/mol. The Kier molecular flexibility index (Phi) is 12.5. The van der Waals surface area contributed by atoms with Crippen LogP contribution in [-0.2, 0) is 19.1 Å². The van der Waals surface area contributed by atoms with Crippen LogP contribution < -0.4 is 5.32 Å². The van der Waals surface area contributed by atoms with Crippen LogP contribution in [-0.4, -0.2) is 72.0 Å². The van der Waals surface area contributed by atoms with E-state index < -0.39 is 11.5 Å². The van der Waals surface area contributed by atoms with Gasteiger partial charge in [-0.2, -0.15) is 0 Å². The van der Waals surface area contributed by atoms with Crippen molar-refractivity contribution in [1.82, 2.24) is 15.1 Å². The van der Waals surface area contributed by atoms with Crippen LogP contribution in [0.4, 0.5) is 0 Å². The number of hydrogen-bond acceptors (Lipinski definition) is 5. The Balaban J connectivity index is 3.22. The smallest absolute Gasteiger partial charge is 0.333 e. The number of likely N-dealkylation sites (N-methyl/N-ethyl adjacent to an activating group) is 1. The highest BCUT2D eigenvalue weighted by Gasteiger charge is 2.40. The second kappa shape index (κ2) is 14.0. The quantitative estimate of drug-likeness (QED) is 0.337. The average Bonchev–Trinajstić information content (AvgIpc) is 2.82. The zero-order valence-corrected chi connectivity index (χ0v) is 23.9. The van der Waals surface area contributed by atoms with Crippen molar-refractivity contribution >= 4 is 17.8 Å². The van der Waals surface area contributed by atoms with Gasteiger partial charge in [-0.3, -0.25) is 14.5 Å². The van der Waals surface area contributed by atoms with Crippen LogP contribution in [0.15, 0.2) is 11.6 Å². The number of ether oxygens (including phenoxy) is 1. The van der Waals surface area contributed by atoms with E-state index in [-0.39, 0.29) is 35.8 Å². The Hall–Kier alpha value is -1.89. The van der Waals surface area contributed by atoms with Gasteiger partial charge in [0.2, 0.25) is 11.8 Å². The summed E-state index contributed by atoms with van der Waals surface area (Å²) in [6.45, 7) is 19.1. The summed E-state index contributed by atoms with van der Waals surface area (Å²) in [6.07, 6.45) is 6.59. The molecule has 1 rings (SSSR count). The summed E-state index contributed by atoms with van der Waals surface area (Å²) in [6, 6.07) is -0.852. The van der Waals surface area contributed by atoms with E-state index >= 15 is 0 Å². The summed E-state index contributed by atoms with van der Waals surface area (Å²) in [5, 5.41) is 3.14. The number of nitrogens with zero attached hydrogens (tertiary/aromatic N) is 2. The Bertz CT molecular complexity index is 743. The monoisotopic (exact) mass is 493 g/mol. The molecule has 0 spiro atoms. The van der Waals surface area contributed by atoms with Crippen molar-refractivity contribution in [3.8, 4) is 0 Å². The number of hydrogen-bond donors (Lipinski definition) is 1. The van der Waals surface area contributed by atoms with E-state index in [1.807, 2.05) is 26.8 Å². The van der Waals surface area contributed by atoms with Crippen LogP contribution in [0, 0.1) is 11.3 Å². The summed E-state index contributed by atoms with van der Waals surface area (Å²) < 4.78 is 5.15. The van der Waals surface area contributed by atoms with Gasteiger partial charge in [-0.1, -0.05) is 60.5 Å². The van der Waals surface area contributed by atoms with Gasteiger partial charge in [0, 0.05) is 18.7 Å². The number of esters is 1. The highest BCUT2D eigenvalue weighted by atomic mass is 16.5. The molecule has 7 nitrogen and oxygen atoms in total. The van der Waals surface area contributed by atoms with E-state index in [2.05, 4.69) is 37.9 Å². The zero-order chi connectivity index (χ0) is 26.9. The fourth-order valence-corrected chi connectivity index (χ4v) is 4.70.